The Kier molecular flexibility index (Phi) is 16.4. The fraction of sp³-hybridized carbons (Fsp3) is 0.615. The fourth-order valence-corrected chi connectivity index (χ4v) is 3.25. The summed E-state index contributed by atoms with van der Waals surface area (Å²) in [5.74, 6) is 0.608. The molecule has 0 aliphatic heterocycles. The molecule has 1 amide bonds. The van der Waals surface area contributed by atoms with E-state index in [2.05, 4.69) is 43.8 Å². The van der Waals surface area contributed by atoms with E-state index in [1.807, 2.05) is 49.0 Å². The second-order valence-electron chi connectivity index (χ2n) is 8.11. The highest BCUT2D eigenvalue weighted by Crippen LogP contribution is 2.19. The molecule has 1 aromatic carbocycles. The van der Waals surface area contributed by atoms with E-state index in [0.717, 1.165) is 29.4 Å². The lowest BCUT2D eigenvalue weighted by atomic mass is 10.1. The molecule has 0 spiro atoms. The predicted octanol–water partition coefficient (Wildman–Crippen LogP) is 5.02. The molecule has 1 atom stereocenters. The molecule has 0 saturated heterocycles. The number of thiol groups is 1. The van der Waals surface area contributed by atoms with Crippen molar-refractivity contribution in [1.29, 1.82) is 0 Å². The first kappa shape index (κ1) is 30.2. The number of nitrogens with one attached hydrogen (secondary N) is 1. The van der Waals surface area contributed by atoms with Crippen LogP contribution in [0.3, 0.4) is 0 Å². The zero-order valence-corrected chi connectivity index (χ0v) is 22.4. The number of amides is 1. The van der Waals surface area contributed by atoms with Crippen LogP contribution < -0.4 is 5.32 Å². The molecule has 8 heteroatoms. The third-order valence-corrected chi connectivity index (χ3v) is 5.22. The third-order valence-electron chi connectivity index (χ3n) is 4.99. The highest BCUT2D eigenvalue weighted by atomic mass is 32.1. The Hall–Kier alpha value is -1.87. The minimum absolute atomic E-state index is 0.0695. The molecule has 0 aliphatic rings. The summed E-state index contributed by atoms with van der Waals surface area (Å²) < 4.78 is 18.3. The van der Waals surface area contributed by atoms with E-state index in [0.29, 0.717) is 45.1 Å². The van der Waals surface area contributed by atoms with Crippen molar-refractivity contribution in [2.75, 3.05) is 46.2 Å². The van der Waals surface area contributed by atoms with Gasteiger partial charge in [0.1, 0.15) is 0 Å². The normalized spacial score (nSPS) is 11.7. The van der Waals surface area contributed by atoms with Gasteiger partial charge in [-0.15, -0.1) is 12.6 Å². The molecule has 2 aromatic rings. The minimum atomic E-state index is -0.115. The molecule has 2 rings (SSSR count). The number of hydrogen-bond acceptors (Lipinski definition) is 6. The first-order valence-corrected chi connectivity index (χ1v) is 12.8. The van der Waals surface area contributed by atoms with Crippen molar-refractivity contribution >= 4 is 18.5 Å². The topological polar surface area (TPSA) is 74.6 Å². The molecule has 1 N–H and O–H groups in total. The highest BCUT2D eigenvalue weighted by Gasteiger charge is 2.10. The number of benzene rings is 1. The van der Waals surface area contributed by atoms with Crippen LogP contribution in [-0.4, -0.2) is 61.9 Å². The molecule has 0 bridgehead atoms. The first-order valence-electron chi connectivity index (χ1n) is 12.3. The lowest BCUT2D eigenvalue weighted by Gasteiger charge is -2.13. The summed E-state index contributed by atoms with van der Waals surface area (Å²) in [6, 6.07) is 7.61. The molecular formula is C26H43N3O4S. The number of ether oxygens (including phenoxy) is 3. The monoisotopic (exact) mass is 493 g/mol. The maximum absolute atomic E-state index is 12.3. The lowest BCUT2D eigenvalue weighted by molar-refractivity contribution is 0.0142. The Labute approximate surface area is 211 Å². The average Bonchev–Trinajstić information content (AvgIpc) is 3.28. The summed E-state index contributed by atoms with van der Waals surface area (Å²) in [6.45, 7) is 14.4. The van der Waals surface area contributed by atoms with Gasteiger partial charge < -0.3 is 19.5 Å². The summed E-state index contributed by atoms with van der Waals surface area (Å²) in [6.07, 6.45) is 5.87. The maximum atomic E-state index is 12.3. The molecule has 0 radical (unpaired) electrons. The van der Waals surface area contributed by atoms with Gasteiger partial charge in [0.15, 0.2) is 0 Å². The van der Waals surface area contributed by atoms with Crippen molar-refractivity contribution in [3.63, 3.8) is 0 Å². The van der Waals surface area contributed by atoms with Crippen LogP contribution in [0.25, 0.3) is 0 Å². The van der Waals surface area contributed by atoms with Crippen molar-refractivity contribution in [2.24, 2.45) is 5.92 Å². The van der Waals surface area contributed by atoms with E-state index in [1.54, 1.807) is 6.20 Å². The van der Waals surface area contributed by atoms with E-state index in [9.17, 15) is 4.79 Å². The lowest BCUT2D eigenvalue weighted by Crippen LogP contribution is -2.27. The molecule has 0 fully saturated rings. The van der Waals surface area contributed by atoms with E-state index in [1.165, 1.54) is 6.42 Å². The summed E-state index contributed by atoms with van der Waals surface area (Å²) in [4.78, 5) is 13.1. The van der Waals surface area contributed by atoms with Crippen LogP contribution in [0.15, 0.2) is 41.6 Å². The maximum Gasteiger partial charge on any atom is 0.251 e. The highest BCUT2D eigenvalue weighted by molar-refractivity contribution is 7.80. The average molecular weight is 494 g/mol. The molecule has 34 heavy (non-hydrogen) atoms. The molecular weight excluding hydrogens is 450 g/mol. The predicted molar refractivity (Wildman–Crippen MR) is 140 cm³/mol. The van der Waals surface area contributed by atoms with Crippen molar-refractivity contribution < 1.29 is 19.0 Å². The van der Waals surface area contributed by atoms with Crippen LogP contribution in [0.1, 0.15) is 69.4 Å². The molecule has 1 aromatic heterocycles. The quantitative estimate of drug-likeness (QED) is 0.254. The van der Waals surface area contributed by atoms with Crippen LogP contribution in [0.5, 0.6) is 0 Å². The summed E-state index contributed by atoms with van der Waals surface area (Å²) in [5, 5.41) is 7.15. The number of hydrogen-bond donors (Lipinski definition) is 2. The molecule has 1 heterocycles. The Morgan fingerprint density at radius 3 is 2.12 bits per heavy atom. The van der Waals surface area contributed by atoms with Crippen LogP contribution in [0, 0.1) is 5.92 Å². The largest absolute Gasteiger partial charge is 0.379 e. The van der Waals surface area contributed by atoms with Gasteiger partial charge in [0, 0.05) is 29.8 Å². The van der Waals surface area contributed by atoms with Gasteiger partial charge >= 0.3 is 0 Å². The third kappa shape index (κ3) is 12.6. The molecule has 1 unspecified atom stereocenters. The van der Waals surface area contributed by atoms with E-state index in [-0.39, 0.29) is 11.9 Å². The Bertz CT molecular complexity index is 781. The Balaban J connectivity index is 0.00000281. The van der Waals surface area contributed by atoms with Crippen LogP contribution in [0.4, 0.5) is 0 Å². The Morgan fingerprint density at radius 1 is 0.971 bits per heavy atom. The molecule has 0 saturated carbocycles. The zero-order valence-electron chi connectivity index (χ0n) is 21.5. The molecule has 7 nitrogen and oxygen atoms in total. The van der Waals surface area contributed by atoms with Gasteiger partial charge in [-0.25, -0.2) is 0 Å². The van der Waals surface area contributed by atoms with Gasteiger partial charge in [-0.1, -0.05) is 39.8 Å². The fourth-order valence-electron chi connectivity index (χ4n) is 3.08. The van der Waals surface area contributed by atoms with Gasteiger partial charge in [0.05, 0.1) is 45.3 Å². The second kappa shape index (κ2) is 18.5. The van der Waals surface area contributed by atoms with Crippen molar-refractivity contribution in [3.8, 4) is 0 Å². The minimum Gasteiger partial charge on any atom is -0.379 e. The van der Waals surface area contributed by atoms with E-state index < -0.39 is 0 Å². The van der Waals surface area contributed by atoms with Gasteiger partial charge in [0.2, 0.25) is 0 Å². The number of rotatable bonds is 16. The smallest absolute Gasteiger partial charge is 0.251 e. The van der Waals surface area contributed by atoms with Gasteiger partial charge in [-0.2, -0.15) is 5.10 Å². The summed E-state index contributed by atoms with van der Waals surface area (Å²) in [7, 11) is 0. The van der Waals surface area contributed by atoms with E-state index >= 15 is 0 Å². The molecule has 0 aliphatic carbocycles. The summed E-state index contributed by atoms with van der Waals surface area (Å²) >= 11 is 4.28. The van der Waals surface area contributed by atoms with Crippen molar-refractivity contribution in [1.82, 2.24) is 15.1 Å². The second-order valence-corrected chi connectivity index (χ2v) is 8.62. The van der Waals surface area contributed by atoms with Crippen molar-refractivity contribution in [3.05, 3.63) is 47.8 Å². The van der Waals surface area contributed by atoms with Crippen molar-refractivity contribution in [2.45, 2.75) is 58.4 Å². The van der Waals surface area contributed by atoms with Gasteiger partial charge in [-0.05, 0) is 43.4 Å². The molecule has 192 valence electrons. The first-order chi connectivity index (χ1) is 16.5. The summed E-state index contributed by atoms with van der Waals surface area (Å²) in [5.41, 5.74) is 1.69. The number of carbonyl (C=O) groups excluding carboxylic acids is 1. The van der Waals surface area contributed by atoms with Crippen LogP contribution in [0.2, 0.25) is 0 Å². The Morgan fingerprint density at radius 2 is 1.56 bits per heavy atom. The SMILES string of the molecule is CC.CC(C)CCCOCCOCCOCCNC(=O)c1ccc(C(C)n2cc(S)cn2)cc1. The zero-order chi connectivity index (χ0) is 25.2. The number of aromatic nitrogens is 2. The van der Waals surface area contributed by atoms with Gasteiger partial charge in [0.25, 0.3) is 5.91 Å². The number of nitrogens with zero attached hydrogens (tertiary/aromatic N) is 2. The van der Waals surface area contributed by atoms with Crippen LogP contribution >= 0.6 is 12.6 Å². The van der Waals surface area contributed by atoms with Gasteiger partial charge in [-0.3, -0.25) is 9.48 Å². The standard InChI is InChI=1S/C24H37N3O4S.C2H6/c1-19(2)5-4-11-29-13-15-31-16-14-30-12-10-25-24(28)22-8-6-21(7-9-22)20(3)27-18-23(32)17-26-27;1-2/h6-9,17-20,32H,4-5,10-16H2,1-3H3,(H,25,28);1-2H3. The number of carbonyl (C=O) groups is 1. The van der Waals surface area contributed by atoms with E-state index in [4.69, 9.17) is 14.2 Å². The van der Waals surface area contributed by atoms with Crippen LogP contribution in [-0.2, 0) is 14.2 Å².